The molecule has 1 N–H and O–H groups in total. The van der Waals surface area contributed by atoms with Crippen molar-refractivity contribution in [3.8, 4) is 16.9 Å². The Labute approximate surface area is 222 Å². The van der Waals surface area contributed by atoms with E-state index in [0.717, 1.165) is 21.0 Å². The Morgan fingerprint density at radius 2 is 1.57 bits per heavy atom. The van der Waals surface area contributed by atoms with Gasteiger partial charge in [-0.05, 0) is 65.6 Å². The van der Waals surface area contributed by atoms with E-state index in [-0.39, 0.29) is 11.4 Å². The van der Waals surface area contributed by atoms with E-state index in [1.807, 2.05) is 48.5 Å². The second kappa shape index (κ2) is 11.5. The predicted octanol–water partition coefficient (Wildman–Crippen LogP) is 5.84. The number of anilines is 1. The zero-order valence-electron chi connectivity index (χ0n) is 20.5. The Kier molecular flexibility index (Phi) is 8.16. The van der Waals surface area contributed by atoms with Crippen LogP contribution in [0.5, 0.6) is 5.75 Å². The zero-order chi connectivity index (χ0) is 26.4. The molecule has 8 heteroatoms. The van der Waals surface area contributed by atoms with Gasteiger partial charge in [0, 0.05) is 11.6 Å². The molecule has 37 heavy (non-hydrogen) atoms. The van der Waals surface area contributed by atoms with Gasteiger partial charge in [-0.3, -0.25) is 9.10 Å². The number of hydrogen-bond donors (Lipinski definition) is 1. The van der Waals surface area contributed by atoms with Crippen LogP contribution in [0.1, 0.15) is 11.1 Å². The molecule has 0 bridgehead atoms. The van der Waals surface area contributed by atoms with E-state index in [1.165, 1.54) is 6.07 Å². The Bertz CT molecular complexity index is 1490. The molecule has 0 radical (unpaired) electrons. The maximum atomic E-state index is 13.9. The molecule has 0 saturated carbocycles. The molecule has 4 aromatic rings. The lowest BCUT2D eigenvalue weighted by Gasteiger charge is -2.26. The first kappa shape index (κ1) is 26.3. The van der Waals surface area contributed by atoms with Gasteiger partial charge >= 0.3 is 0 Å². The molecule has 4 rings (SSSR count). The van der Waals surface area contributed by atoms with Crippen LogP contribution in [0.15, 0.2) is 102 Å². The van der Waals surface area contributed by atoms with E-state index in [0.29, 0.717) is 22.0 Å². The quantitative estimate of drug-likeness (QED) is 0.293. The number of carbonyl (C=O) groups is 1. The molecule has 0 aliphatic rings. The summed E-state index contributed by atoms with van der Waals surface area (Å²) in [5.74, 6) is 0.263. The molecule has 0 aromatic heterocycles. The molecule has 0 aliphatic carbocycles. The largest absolute Gasteiger partial charge is 0.497 e. The monoisotopic (exact) mass is 534 g/mol. The fraction of sp³-hybridized carbons (Fsp3) is 0.138. The fourth-order valence-corrected chi connectivity index (χ4v) is 5.58. The second-order valence-electron chi connectivity index (χ2n) is 8.41. The Morgan fingerprint density at radius 1 is 0.892 bits per heavy atom. The minimum Gasteiger partial charge on any atom is -0.497 e. The van der Waals surface area contributed by atoms with Gasteiger partial charge in [-0.25, -0.2) is 8.42 Å². The van der Waals surface area contributed by atoms with Gasteiger partial charge in [0.25, 0.3) is 10.0 Å². The van der Waals surface area contributed by atoms with Crippen molar-refractivity contribution in [2.24, 2.45) is 0 Å². The second-order valence-corrected chi connectivity index (χ2v) is 10.7. The molecular formula is C29H27ClN2O4S. The van der Waals surface area contributed by atoms with E-state index in [9.17, 15) is 13.2 Å². The molecule has 190 valence electrons. The summed E-state index contributed by atoms with van der Waals surface area (Å²) in [6, 6.07) is 28.5. The van der Waals surface area contributed by atoms with Crippen molar-refractivity contribution in [2.45, 2.75) is 18.4 Å². The average molecular weight is 535 g/mol. The highest BCUT2D eigenvalue weighted by Crippen LogP contribution is 2.32. The van der Waals surface area contributed by atoms with Gasteiger partial charge in [-0.1, -0.05) is 72.3 Å². The van der Waals surface area contributed by atoms with Gasteiger partial charge < -0.3 is 10.1 Å². The molecule has 6 nitrogen and oxygen atoms in total. The molecule has 0 atom stereocenters. The number of carbonyl (C=O) groups excluding carboxylic acids is 1. The first-order valence-electron chi connectivity index (χ1n) is 11.6. The van der Waals surface area contributed by atoms with Gasteiger partial charge in [-0.2, -0.15) is 0 Å². The number of sulfonamides is 1. The number of ether oxygens (including phenoxy) is 1. The molecule has 0 unspecified atom stereocenters. The summed E-state index contributed by atoms with van der Waals surface area (Å²) in [7, 11) is -2.53. The van der Waals surface area contributed by atoms with Gasteiger partial charge in [0.15, 0.2) is 0 Å². The third kappa shape index (κ3) is 6.13. The van der Waals surface area contributed by atoms with E-state index >= 15 is 0 Å². The van der Waals surface area contributed by atoms with Crippen LogP contribution >= 0.6 is 11.6 Å². The Morgan fingerprint density at radius 3 is 2.27 bits per heavy atom. The number of hydrogen-bond acceptors (Lipinski definition) is 4. The highest BCUT2D eigenvalue weighted by Gasteiger charge is 2.29. The summed E-state index contributed by atoms with van der Waals surface area (Å²) in [6.45, 7) is 1.57. The first-order chi connectivity index (χ1) is 17.8. The molecular weight excluding hydrogens is 508 g/mol. The van der Waals surface area contributed by atoms with Crippen molar-refractivity contribution >= 4 is 33.2 Å². The summed E-state index contributed by atoms with van der Waals surface area (Å²) in [4.78, 5) is 13.1. The fourth-order valence-electron chi connectivity index (χ4n) is 3.89. The molecule has 0 fully saturated rings. The van der Waals surface area contributed by atoms with E-state index < -0.39 is 22.5 Å². The number of nitrogens with zero attached hydrogens (tertiary/aromatic N) is 1. The van der Waals surface area contributed by atoms with Crippen LogP contribution in [-0.4, -0.2) is 28.0 Å². The van der Waals surface area contributed by atoms with Crippen LogP contribution in [0.2, 0.25) is 5.02 Å². The highest BCUT2D eigenvalue weighted by molar-refractivity contribution is 7.92. The topological polar surface area (TPSA) is 75.7 Å². The Hall–Kier alpha value is -3.81. The standard InChI is InChI=1S/C29H27ClN2O4S/c1-21-27(30)12-7-13-28(21)32(20-29(33)31-19-22-14-16-25(36-2)17-15-22)37(34,35)26-11-6-10-24(18-26)23-8-4-3-5-9-23/h3-18H,19-20H2,1-2H3,(H,31,33). The van der Waals surface area contributed by atoms with Crippen LogP contribution in [0.25, 0.3) is 11.1 Å². The van der Waals surface area contributed by atoms with Crippen LogP contribution in [0.3, 0.4) is 0 Å². The van der Waals surface area contributed by atoms with Crippen LogP contribution in [-0.2, 0) is 21.4 Å². The van der Waals surface area contributed by atoms with Crippen molar-refractivity contribution in [1.29, 1.82) is 0 Å². The van der Waals surface area contributed by atoms with E-state index in [2.05, 4.69) is 5.32 Å². The van der Waals surface area contributed by atoms with E-state index in [4.69, 9.17) is 16.3 Å². The smallest absolute Gasteiger partial charge is 0.264 e. The summed E-state index contributed by atoms with van der Waals surface area (Å²) < 4.78 is 34.2. The van der Waals surface area contributed by atoms with Crippen molar-refractivity contribution in [2.75, 3.05) is 18.0 Å². The van der Waals surface area contributed by atoms with Crippen molar-refractivity contribution in [3.05, 3.63) is 113 Å². The van der Waals surface area contributed by atoms with E-state index in [1.54, 1.807) is 56.5 Å². The minimum absolute atomic E-state index is 0.0798. The molecule has 0 heterocycles. The number of methoxy groups -OCH3 is 1. The number of amides is 1. The maximum absolute atomic E-state index is 13.9. The van der Waals surface area contributed by atoms with Gasteiger partial charge in [-0.15, -0.1) is 0 Å². The summed E-state index contributed by atoms with van der Waals surface area (Å²) >= 11 is 6.33. The predicted molar refractivity (Wildman–Crippen MR) is 147 cm³/mol. The van der Waals surface area contributed by atoms with Gasteiger partial charge in [0.2, 0.25) is 5.91 Å². The molecule has 1 amide bonds. The van der Waals surface area contributed by atoms with Crippen LogP contribution < -0.4 is 14.4 Å². The average Bonchev–Trinajstić information content (AvgIpc) is 2.93. The highest BCUT2D eigenvalue weighted by atomic mass is 35.5. The van der Waals surface area contributed by atoms with Crippen LogP contribution in [0.4, 0.5) is 5.69 Å². The first-order valence-corrected chi connectivity index (χ1v) is 13.4. The summed E-state index contributed by atoms with van der Waals surface area (Å²) in [5, 5.41) is 3.22. The van der Waals surface area contributed by atoms with Crippen molar-refractivity contribution < 1.29 is 17.9 Å². The lowest BCUT2D eigenvalue weighted by molar-refractivity contribution is -0.119. The summed E-state index contributed by atoms with van der Waals surface area (Å²) in [6.07, 6.45) is 0. The normalized spacial score (nSPS) is 11.1. The van der Waals surface area contributed by atoms with Crippen molar-refractivity contribution in [3.63, 3.8) is 0 Å². The van der Waals surface area contributed by atoms with Crippen LogP contribution in [0, 0.1) is 6.92 Å². The SMILES string of the molecule is COc1ccc(CNC(=O)CN(c2cccc(Cl)c2C)S(=O)(=O)c2cccc(-c3ccccc3)c2)cc1. The molecule has 0 spiro atoms. The third-order valence-electron chi connectivity index (χ3n) is 5.97. The number of rotatable bonds is 9. The van der Waals surface area contributed by atoms with Gasteiger partial charge in [0.1, 0.15) is 12.3 Å². The lowest BCUT2D eigenvalue weighted by atomic mass is 10.1. The van der Waals surface area contributed by atoms with Gasteiger partial charge in [0.05, 0.1) is 17.7 Å². The zero-order valence-corrected chi connectivity index (χ0v) is 22.1. The molecule has 4 aromatic carbocycles. The Balaban J connectivity index is 1.65. The summed E-state index contributed by atoms with van der Waals surface area (Å²) in [5.41, 5.74) is 3.42. The minimum atomic E-state index is -4.11. The lowest BCUT2D eigenvalue weighted by Crippen LogP contribution is -2.41. The number of nitrogens with one attached hydrogen (secondary N) is 1. The maximum Gasteiger partial charge on any atom is 0.264 e. The third-order valence-corrected chi connectivity index (χ3v) is 8.14. The number of halogens is 1. The van der Waals surface area contributed by atoms with Crippen molar-refractivity contribution in [1.82, 2.24) is 5.32 Å². The molecule has 0 aliphatic heterocycles. The number of benzene rings is 4. The molecule has 0 saturated heterocycles.